The molecular weight excluding hydrogens is 421 g/mol. The molecule has 1 heterocycles. The molecule has 0 radical (unpaired) electrons. The Morgan fingerprint density at radius 3 is 2.48 bits per heavy atom. The minimum absolute atomic E-state index is 0.119. The van der Waals surface area contributed by atoms with E-state index in [2.05, 4.69) is 5.10 Å². The number of aromatic amines is 1. The van der Waals surface area contributed by atoms with Crippen molar-refractivity contribution in [3.63, 3.8) is 0 Å². The number of phenolic OH excluding ortho intramolecular Hbond substituents is 1. The van der Waals surface area contributed by atoms with Crippen LogP contribution in [-0.4, -0.2) is 31.9 Å². The van der Waals surface area contributed by atoms with Gasteiger partial charge in [0.1, 0.15) is 11.3 Å². The Hall–Kier alpha value is -4.35. The van der Waals surface area contributed by atoms with Gasteiger partial charge in [-0.3, -0.25) is 14.6 Å². The van der Waals surface area contributed by atoms with E-state index in [1.54, 1.807) is 0 Å². The van der Waals surface area contributed by atoms with Crippen LogP contribution in [0.4, 0.5) is 13.2 Å². The van der Waals surface area contributed by atoms with Gasteiger partial charge in [0.15, 0.2) is 0 Å². The molecule has 0 saturated carbocycles. The van der Waals surface area contributed by atoms with E-state index in [1.165, 1.54) is 24.3 Å². The molecule has 160 valence electrons. The number of phenols is 1. The number of hydrazone groups is 1. The molecular formula is C19H13F3N4O5. The summed E-state index contributed by atoms with van der Waals surface area (Å²) in [6.07, 6.45) is -4.00. The molecule has 12 heteroatoms. The van der Waals surface area contributed by atoms with Crippen molar-refractivity contribution in [1.29, 1.82) is 0 Å². The maximum Gasteiger partial charge on any atom is 0.416 e. The van der Waals surface area contributed by atoms with Crippen molar-refractivity contribution in [3.8, 4) is 17.3 Å². The second-order valence-corrected chi connectivity index (χ2v) is 6.10. The summed E-state index contributed by atoms with van der Waals surface area (Å²) >= 11 is 0. The van der Waals surface area contributed by atoms with Crippen LogP contribution in [0, 0.1) is 0 Å². The first-order chi connectivity index (χ1) is 14.6. The zero-order chi connectivity index (χ0) is 22.8. The summed E-state index contributed by atoms with van der Waals surface area (Å²) in [7, 11) is 0. The predicted octanol–water partition coefficient (Wildman–Crippen LogP) is 1.72. The smallest absolute Gasteiger partial charge is 0.416 e. The van der Waals surface area contributed by atoms with Crippen LogP contribution in [0.15, 0.2) is 63.2 Å². The molecule has 9 nitrogen and oxygen atoms in total. The van der Waals surface area contributed by atoms with Crippen LogP contribution in [0.5, 0.6) is 11.6 Å². The molecule has 0 aliphatic carbocycles. The molecule has 0 atom stereocenters. The predicted molar refractivity (Wildman–Crippen MR) is 102 cm³/mol. The molecule has 1 aromatic heterocycles. The molecule has 1 amide bonds. The number of amides is 1. The molecule has 0 fully saturated rings. The van der Waals surface area contributed by atoms with Gasteiger partial charge >= 0.3 is 11.9 Å². The van der Waals surface area contributed by atoms with Gasteiger partial charge in [-0.1, -0.05) is 18.2 Å². The highest BCUT2D eigenvalue weighted by molar-refractivity contribution is 5.97. The topological polar surface area (TPSA) is 137 Å². The standard InChI is InChI=1S/C19H13F3N4O5/c20-19(21,22)10-4-3-5-11(8-10)26-17(30)13(15(28)24-18(26)31)9-23-25-16(29)12-6-1-2-7-14(12)27/h1-9,27,30H,(H,25,29)(H,24,28,31). The van der Waals surface area contributed by atoms with E-state index in [9.17, 15) is 37.8 Å². The molecule has 3 aromatic rings. The summed E-state index contributed by atoms with van der Waals surface area (Å²) in [5.41, 5.74) is -2.42. The van der Waals surface area contributed by atoms with Crippen LogP contribution in [-0.2, 0) is 6.18 Å². The number of alkyl halides is 3. The summed E-state index contributed by atoms with van der Waals surface area (Å²) in [4.78, 5) is 38.0. The SMILES string of the molecule is O=C(NN=Cc1c(O)n(-c2cccc(C(F)(F)F)c2)c(=O)[nH]c1=O)c1ccccc1O. The van der Waals surface area contributed by atoms with Crippen molar-refractivity contribution in [2.45, 2.75) is 6.18 Å². The van der Waals surface area contributed by atoms with Crippen molar-refractivity contribution in [2.24, 2.45) is 5.10 Å². The maximum atomic E-state index is 13.0. The number of carbonyl (C=O) groups is 1. The number of halogens is 3. The summed E-state index contributed by atoms with van der Waals surface area (Å²) in [6.45, 7) is 0. The fourth-order valence-corrected chi connectivity index (χ4v) is 2.60. The fourth-order valence-electron chi connectivity index (χ4n) is 2.60. The van der Waals surface area contributed by atoms with Crippen LogP contribution < -0.4 is 16.7 Å². The molecule has 0 bridgehead atoms. The lowest BCUT2D eigenvalue weighted by atomic mass is 10.2. The van der Waals surface area contributed by atoms with E-state index in [-0.39, 0.29) is 17.0 Å². The number of benzene rings is 2. The zero-order valence-electron chi connectivity index (χ0n) is 15.3. The van der Waals surface area contributed by atoms with Gasteiger partial charge in [-0.05, 0) is 30.3 Å². The van der Waals surface area contributed by atoms with Crippen molar-refractivity contribution in [3.05, 3.63) is 86.1 Å². The van der Waals surface area contributed by atoms with E-state index in [0.29, 0.717) is 16.8 Å². The number of hydrogen-bond donors (Lipinski definition) is 4. The normalized spacial score (nSPS) is 11.6. The van der Waals surface area contributed by atoms with Crippen molar-refractivity contribution < 1.29 is 28.2 Å². The lowest BCUT2D eigenvalue weighted by Crippen LogP contribution is -2.31. The van der Waals surface area contributed by atoms with Gasteiger partial charge in [-0.15, -0.1) is 0 Å². The minimum atomic E-state index is -4.70. The quantitative estimate of drug-likeness (QED) is 0.366. The number of nitrogens with zero attached hydrogens (tertiary/aromatic N) is 2. The highest BCUT2D eigenvalue weighted by Gasteiger charge is 2.31. The molecule has 0 aliphatic heterocycles. The highest BCUT2D eigenvalue weighted by Crippen LogP contribution is 2.30. The number of H-pyrrole nitrogens is 1. The number of carbonyl (C=O) groups excluding carboxylic acids is 1. The highest BCUT2D eigenvalue weighted by atomic mass is 19.4. The second kappa shape index (κ2) is 8.18. The van der Waals surface area contributed by atoms with Crippen LogP contribution >= 0.6 is 0 Å². The Bertz CT molecular complexity index is 1290. The first-order valence-corrected chi connectivity index (χ1v) is 8.47. The molecule has 3 rings (SSSR count). The molecule has 31 heavy (non-hydrogen) atoms. The van der Waals surface area contributed by atoms with E-state index in [1.807, 2.05) is 10.4 Å². The van der Waals surface area contributed by atoms with Gasteiger partial charge < -0.3 is 10.2 Å². The third-order valence-corrected chi connectivity index (χ3v) is 4.06. The molecule has 0 aliphatic rings. The molecule has 0 saturated heterocycles. The molecule has 0 spiro atoms. The minimum Gasteiger partial charge on any atom is -0.507 e. The number of rotatable bonds is 4. The van der Waals surface area contributed by atoms with Crippen LogP contribution in [0.25, 0.3) is 5.69 Å². The van der Waals surface area contributed by atoms with E-state index in [0.717, 1.165) is 18.2 Å². The Morgan fingerprint density at radius 1 is 1.10 bits per heavy atom. The first kappa shape index (κ1) is 21.4. The summed E-state index contributed by atoms with van der Waals surface area (Å²) in [5, 5.41) is 23.5. The third kappa shape index (κ3) is 4.47. The molecule has 4 N–H and O–H groups in total. The number of nitrogens with one attached hydrogen (secondary N) is 2. The van der Waals surface area contributed by atoms with Crippen molar-refractivity contribution in [2.75, 3.05) is 0 Å². The Morgan fingerprint density at radius 2 is 1.81 bits per heavy atom. The van der Waals surface area contributed by atoms with E-state index < -0.39 is 40.3 Å². The average molecular weight is 434 g/mol. The Balaban J connectivity index is 1.98. The molecule has 0 unspecified atom stereocenters. The van der Waals surface area contributed by atoms with Crippen LogP contribution in [0.1, 0.15) is 21.5 Å². The van der Waals surface area contributed by atoms with Gasteiger partial charge in [0.2, 0.25) is 5.88 Å². The monoisotopic (exact) mass is 434 g/mol. The summed E-state index contributed by atoms with van der Waals surface area (Å²) < 4.78 is 39.3. The third-order valence-electron chi connectivity index (χ3n) is 4.06. The Kier molecular flexibility index (Phi) is 5.64. The van der Waals surface area contributed by atoms with Crippen LogP contribution in [0.2, 0.25) is 0 Å². The lowest BCUT2D eigenvalue weighted by Gasteiger charge is -2.12. The van der Waals surface area contributed by atoms with Crippen molar-refractivity contribution in [1.82, 2.24) is 15.0 Å². The lowest BCUT2D eigenvalue weighted by molar-refractivity contribution is -0.137. The average Bonchev–Trinajstić information content (AvgIpc) is 2.70. The largest absolute Gasteiger partial charge is 0.507 e. The van der Waals surface area contributed by atoms with Gasteiger partial charge in [-0.25, -0.2) is 14.8 Å². The maximum absolute atomic E-state index is 13.0. The van der Waals surface area contributed by atoms with Gasteiger partial charge in [0, 0.05) is 0 Å². The van der Waals surface area contributed by atoms with Crippen LogP contribution in [0.3, 0.4) is 0 Å². The Labute approximate surface area is 170 Å². The van der Waals surface area contributed by atoms with Gasteiger partial charge in [0.25, 0.3) is 11.5 Å². The van der Waals surface area contributed by atoms with Gasteiger partial charge in [-0.2, -0.15) is 18.3 Å². The van der Waals surface area contributed by atoms with E-state index in [4.69, 9.17) is 0 Å². The number of para-hydroxylation sites is 1. The second-order valence-electron chi connectivity index (χ2n) is 6.10. The number of aromatic nitrogens is 2. The summed E-state index contributed by atoms with van der Waals surface area (Å²) in [6, 6.07) is 9.07. The number of aromatic hydroxyl groups is 2. The zero-order valence-corrected chi connectivity index (χ0v) is 15.3. The molecule has 2 aromatic carbocycles. The van der Waals surface area contributed by atoms with Crippen molar-refractivity contribution >= 4 is 12.1 Å². The summed E-state index contributed by atoms with van der Waals surface area (Å²) in [5.74, 6) is -2.15. The van der Waals surface area contributed by atoms with Gasteiger partial charge in [0.05, 0.1) is 23.0 Å². The first-order valence-electron chi connectivity index (χ1n) is 8.47. The fraction of sp³-hybridized carbons (Fsp3) is 0.0526. The number of hydrogen-bond acceptors (Lipinski definition) is 6. The van der Waals surface area contributed by atoms with E-state index >= 15 is 0 Å².